The first-order chi connectivity index (χ1) is 7.88. The molecule has 1 saturated carbocycles. The van der Waals surface area contributed by atoms with Gasteiger partial charge in [-0.15, -0.1) is 0 Å². The molecular formula is C12H17N3O. The van der Waals surface area contributed by atoms with Crippen LogP contribution in [-0.4, -0.2) is 17.1 Å². The van der Waals surface area contributed by atoms with E-state index in [9.17, 15) is 0 Å². The molecule has 4 nitrogen and oxygen atoms in total. The smallest absolute Gasteiger partial charge is 0.221 e. The van der Waals surface area contributed by atoms with E-state index in [4.69, 9.17) is 9.72 Å². The van der Waals surface area contributed by atoms with Gasteiger partial charge in [0.25, 0.3) is 0 Å². The summed E-state index contributed by atoms with van der Waals surface area (Å²) in [4.78, 5) is 9.26. The third kappa shape index (κ3) is 1.57. The van der Waals surface area contributed by atoms with Crippen LogP contribution >= 0.6 is 0 Å². The second-order valence-corrected chi connectivity index (χ2v) is 4.60. The maximum atomic E-state index is 5.37. The number of hydrogen-bond donors (Lipinski definition) is 1. The minimum absolute atomic E-state index is 0.555. The van der Waals surface area contributed by atoms with Crippen LogP contribution in [0.4, 0.5) is 0 Å². The van der Waals surface area contributed by atoms with E-state index in [1.165, 1.54) is 25.7 Å². The highest BCUT2D eigenvalue weighted by atomic mass is 16.5. The quantitative estimate of drug-likeness (QED) is 0.823. The summed E-state index contributed by atoms with van der Waals surface area (Å²) in [6, 6.07) is 0. The minimum Gasteiger partial charge on any atom is -0.481 e. The largest absolute Gasteiger partial charge is 0.481 e. The number of methoxy groups -OCH3 is 1. The molecule has 1 aliphatic carbocycles. The molecule has 1 aromatic rings. The Morgan fingerprint density at radius 1 is 1.19 bits per heavy atom. The third-order valence-corrected chi connectivity index (χ3v) is 3.58. The van der Waals surface area contributed by atoms with Crippen molar-refractivity contribution in [2.45, 2.75) is 44.7 Å². The number of nitrogens with zero attached hydrogens (tertiary/aromatic N) is 2. The average Bonchev–Trinajstić information content (AvgIpc) is 2.97. The van der Waals surface area contributed by atoms with E-state index in [0.717, 1.165) is 36.1 Å². The van der Waals surface area contributed by atoms with Crippen molar-refractivity contribution >= 4 is 0 Å². The van der Waals surface area contributed by atoms with Gasteiger partial charge in [-0.25, -0.2) is 4.98 Å². The molecule has 3 rings (SSSR count). The van der Waals surface area contributed by atoms with Crippen molar-refractivity contribution in [3.8, 4) is 5.88 Å². The maximum Gasteiger partial charge on any atom is 0.221 e. The summed E-state index contributed by atoms with van der Waals surface area (Å²) in [5.41, 5.74) is 2.28. The summed E-state index contributed by atoms with van der Waals surface area (Å²) in [6.07, 6.45) is 5.09. The highest BCUT2D eigenvalue weighted by Crippen LogP contribution is 2.34. The summed E-state index contributed by atoms with van der Waals surface area (Å²) in [7, 11) is 1.69. The van der Waals surface area contributed by atoms with Crippen molar-refractivity contribution in [2.24, 2.45) is 0 Å². The standard InChI is InChI=1S/C12H17N3O/c1-16-12-9-6-13-7-10(9)14-11(15-12)8-4-2-3-5-8/h8,13H,2-7H2,1H3. The second kappa shape index (κ2) is 4.01. The van der Waals surface area contributed by atoms with E-state index < -0.39 is 0 Å². The predicted molar refractivity (Wildman–Crippen MR) is 60.3 cm³/mol. The molecule has 0 bridgehead atoms. The van der Waals surface area contributed by atoms with Crippen molar-refractivity contribution in [2.75, 3.05) is 7.11 Å². The molecule has 0 amide bonds. The zero-order valence-electron chi connectivity index (χ0n) is 9.62. The van der Waals surface area contributed by atoms with E-state index in [1.807, 2.05) is 0 Å². The Morgan fingerprint density at radius 3 is 2.75 bits per heavy atom. The molecule has 2 aliphatic rings. The Hall–Kier alpha value is -1.16. The van der Waals surface area contributed by atoms with E-state index in [2.05, 4.69) is 10.3 Å². The van der Waals surface area contributed by atoms with Crippen LogP contribution < -0.4 is 10.1 Å². The summed E-state index contributed by atoms with van der Waals surface area (Å²) < 4.78 is 5.37. The molecule has 86 valence electrons. The van der Waals surface area contributed by atoms with E-state index >= 15 is 0 Å². The first-order valence-electron chi connectivity index (χ1n) is 6.03. The first-order valence-corrected chi connectivity index (χ1v) is 6.03. The molecule has 0 atom stereocenters. The van der Waals surface area contributed by atoms with Gasteiger partial charge in [0.05, 0.1) is 18.4 Å². The lowest BCUT2D eigenvalue weighted by molar-refractivity contribution is 0.387. The number of ether oxygens (including phenoxy) is 1. The Morgan fingerprint density at radius 2 is 2.00 bits per heavy atom. The molecule has 0 saturated heterocycles. The molecule has 1 fully saturated rings. The van der Waals surface area contributed by atoms with Crippen LogP contribution in [-0.2, 0) is 13.1 Å². The zero-order valence-corrected chi connectivity index (χ0v) is 9.62. The van der Waals surface area contributed by atoms with E-state index in [-0.39, 0.29) is 0 Å². The molecule has 0 spiro atoms. The van der Waals surface area contributed by atoms with Crippen LogP contribution in [0.25, 0.3) is 0 Å². The SMILES string of the molecule is COc1nc(C2CCCC2)nc2c1CNC2. The van der Waals surface area contributed by atoms with Crippen molar-refractivity contribution in [3.63, 3.8) is 0 Å². The van der Waals surface area contributed by atoms with Gasteiger partial charge in [-0.05, 0) is 12.8 Å². The lowest BCUT2D eigenvalue weighted by Gasteiger charge is -2.11. The van der Waals surface area contributed by atoms with Crippen molar-refractivity contribution < 1.29 is 4.74 Å². The number of fused-ring (bicyclic) bond motifs is 1. The van der Waals surface area contributed by atoms with Crippen LogP contribution in [0.3, 0.4) is 0 Å². The molecule has 1 aromatic heterocycles. The predicted octanol–water partition coefficient (Wildman–Crippen LogP) is 1.75. The Balaban J connectivity index is 2.00. The summed E-state index contributed by atoms with van der Waals surface area (Å²) in [6.45, 7) is 1.69. The van der Waals surface area contributed by atoms with Crippen molar-refractivity contribution in [3.05, 3.63) is 17.1 Å². The molecule has 0 radical (unpaired) electrons. The minimum atomic E-state index is 0.555. The second-order valence-electron chi connectivity index (χ2n) is 4.60. The van der Waals surface area contributed by atoms with Gasteiger partial charge in [0.1, 0.15) is 5.82 Å². The Labute approximate surface area is 95.4 Å². The molecule has 2 heterocycles. The summed E-state index contributed by atoms with van der Waals surface area (Å²) in [5.74, 6) is 2.33. The molecule has 1 N–H and O–H groups in total. The fraction of sp³-hybridized carbons (Fsp3) is 0.667. The molecule has 0 unspecified atom stereocenters. The van der Waals surface area contributed by atoms with Gasteiger partial charge in [0.2, 0.25) is 5.88 Å². The van der Waals surface area contributed by atoms with Crippen LogP contribution in [0.5, 0.6) is 5.88 Å². The van der Waals surface area contributed by atoms with Gasteiger partial charge in [0, 0.05) is 19.0 Å². The van der Waals surface area contributed by atoms with Crippen LogP contribution in [0.1, 0.15) is 48.7 Å². The first kappa shape index (κ1) is 10.0. The normalized spacial score (nSPS) is 20.1. The Kier molecular flexibility index (Phi) is 2.52. The molecule has 1 aliphatic heterocycles. The fourth-order valence-corrected chi connectivity index (χ4v) is 2.69. The lowest BCUT2D eigenvalue weighted by Crippen LogP contribution is -2.06. The van der Waals surface area contributed by atoms with Gasteiger partial charge >= 0.3 is 0 Å². The highest BCUT2D eigenvalue weighted by Gasteiger charge is 2.25. The molecule has 16 heavy (non-hydrogen) atoms. The Bertz CT molecular complexity index is 399. The molecule has 0 aromatic carbocycles. The van der Waals surface area contributed by atoms with Gasteiger partial charge in [0.15, 0.2) is 0 Å². The van der Waals surface area contributed by atoms with Gasteiger partial charge in [-0.2, -0.15) is 4.98 Å². The summed E-state index contributed by atoms with van der Waals surface area (Å²) in [5, 5.41) is 3.30. The van der Waals surface area contributed by atoms with Crippen LogP contribution in [0.2, 0.25) is 0 Å². The van der Waals surface area contributed by atoms with Gasteiger partial charge in [-0.1, -0.05) is 12.8 Å². The van der Waals surface area contributed by atoms with E-state index in [0.29, 0.717) is 5.92 Å². The van der Waals surface area contributed by atoms with E-state index in [1.54, 1.807) is 7.11 Å². The third-order valence-electron chi connectivity index (χ3n) is 3.58. The average molecular weight is 219 g/mol. The molecule has 4 heteroatoms. The lowest BCUT2D eigenvalue weighted by atomic mass is 10.1. The van der Waals surface area contributed by atoms with Gasteiger partial charge < -0.3 is 10.1 Å². The van der Waals surface area contributed by atoms with Crippen LogP contribution in [0, 0.1) is 0 Å². The fourth-order valence-electron chi connectivity index (χ4n) is 2.69. The number of hydrogen-bond acceptors (Lipinski definition) is 4. The van der Waals surface area contributed by atoms with Crippen LogP contribution in [0.15, 0.2) is 0 Å². The maximum absolute atomic E-state index is 5.37. The summed E-state index contributed by atoms with van der Waals surface area (Å²) >= 11 is 0. The number of rotatable bonds is 2. The highest BCUT2D eigenvalue weighted by molar-refractivity contribution is 5.34. The number of aromatic nitrogens is 2. The monoisotopic (exact) mass is 219 g/mol. The zero-order chi connectivity index (χ0) is 11.0. The van der Waals surface area contributed by atoms with Crippen molar-refractivity contribution in [1.29, 1.82) is 0 Å². The molecular weight excluding hydrogens is 202 g/mol. The topological polar surface area (TPSA) is 47.0 Å². The number of nitrogens with one attached hydrogen (secondary N) is 1. The van der Waals surface area contributed by atoms with Gasteiger partial charge in [-0.3, -0.25) is 0 Å². The van der Waals surface area contributed by atoms with Crippen molar-refractivity contribution in [1.82, 2.24) is 15.3 Å².